The summed E-state index contributed by atoms with van der Waals surface area (Å²) >= 11 is 0. The first-order valence-electron chi connectivity index (χ1n) is 22.0. The van der Waals surface area contributed by atoms with Gasteiger partial charge in [0, 0.05) is 5.92 Å². The van der Waals surface area contributed by atoms with Crippen molar-refractivity contribution in [1.82, 2.24) is 0 Å². The lowest BCUT2D eigenvalue weighted by molar-refractivity contribution is -0.167. The summed E-state index contributed by atoms with van der Waals surface area (Å²) in [7, 11) is 0. The first-order valence-corrected chi connectivity index (χ1v) is 22.0. The van der Waals surface area contributed by atoms with E-state index in [0.717, 1.165) is 62.5 Å². The molecule has 2 aromatic rings. The smallest absolute Gasteiger partial charge is 0.310 e. The molecule has 9 rings (SSSR count). The molecule has 10 nitrogen and oxygen atoms in total. The van der Waals surface area contributed by atoms with E-state index in [9.17, 15) is 9.59 Å². The van der Waals surface area contributed by atoms with E-state index in [2.05, 4.69) is 48.5 Å². The number of esters is 2. The largest absolute Gasteiger partial charge is 0.461 e. The summed E-state index contributed by atoms with van der Waals surface area (Å²) in [6.45, 7) is 15.4. The van der Waals surface area contributed by atoms with Gasteiger partial charge < -0.3 is 37.9 Å². The lowest BCUT2D eigenvalue weighted by Gasteiger charge is -2.36. The molecule has 6 heterocycles. The zero-order valence-electron chi connectivity index (χ0n) is 35.5. The molecule has 0 amide bonds. The summed E-state index contributed by atoms with van der Waals surface area (Å²) in [5, 5.41) is 0. The topological polar surface area (TPSA) is 128 Å². The van der Waals surface area contributed by atoms with Crippen molar-refractivity contribution in [3.63, 3.8) is 0 Å². The quantitative estimate of drug-likeness (QED) is 0.0955. The highest BCUT2D eigenvalue weighted by atomic mass is 16.6. The van der Waals surface area contributed by atoms with Gasteiger partial charge >= 0.3 is 11.9 Å². The molecule has 13 atom stereocenters. The van der Waals surface area contributed by atoms with E-state index in [1.165, 1.54) is 0 Å². The summed E-state index contributed by atoms with van der Waals surface area (Å²) in [5.41, 5.74) is 0.577. The lowest BCUT2D eigenvalue weighted by Crippen LogP contribution is -2.47. The molecular weight excluding hydrogens is 737 g/mol. The number of fused-ring (bicyclic) bond motifs is 1. The van der Waals surface area contributed by atoms with Gasteiger partial charge in [0.2, 0.25) is 0 Å². The van der Waals surface area contributed by atoms with Crippen LogP contribution in [0.2, 0.25) is 0 Å². The molecule has 0 radical (unpaired) electrons. The van der Waals surface area contributed by atoms with Gasteiger partial charge in [-0.3, -0.25) is 9.59 Å². The van der Waals surface area contributed by atoms with Crippen LogP contribution in [0.5, 0.6) is 0 Å². The van der Waals surface area contributed by atoms with E-state index in [0.29, 0.717) is 18.9 Å². The van der Waals surface area contributed by atoms with Crippen LogP contribution in [0.1, 0.15) is 124 Å². The van der Waals surface area contributed by atoms with Gasteiger partial charge in [-0.05, 0) is 124 Å². The highest BCUT2D eigenvalue weighted by molar-refractivity contribution is 5.83. The third kappa shape index (κ3) is 8.53. The predicted molar refractivity (Wildman–Crippen MR) is 214 cm³/mol. The van der Waals surface area contributed by atoms with E-state index >= 15 is 0 Å². The summed E-state index contributed by atoms with van der Waals surface area (Å²) < 4.78 is 49.6. The Kier molecular flexibility index (Phi) is 10.2. The lowest BCUT2D eigenvalue weighted by atomic mass is 9.64. The molecule has 7 fully saturated rings. The second-order valence-corrected chi connectivity index (χ2v) is 20.4. The Morgan fingerprint density at radius 2 is 0.983 bits per heavy atom. The molecule has 6 saturated heterocycles. The molecular formula is C48H64O10. The molecule has 7 aliphatic rings. The maximum absolute atomic E-state index is 14.4. The van der Waals surface area contributed by atoms with Gasteiger partial charge in [-0.2, -0.15) is 0 Å². The van der Waals surface area contributed by atoms with Gasteiger partial charge in [0.1, 0.15) is 13.2 Å². The van der Waals surface area contributed by atoms with Crippen LogP contribution in [0.15, 0.2) is 60.7 Å². The average Bonchev–Trinajstić information content (AvgIpc) is 3.92. The number of carbonyl (C=O) groups is 2. The summed E-state index contributed by atoms with van der Waals surface area (Å²) in [5.74, 6) is -2.48. The number of hydrogen-bond donors (Lipinski definition) is 0. The highest BCUT2D eigenvalue weighted by Gasteiger charge is 2.71. The second kappa shape index (κ2) is 14.7. The molecule has 10 heteroatoms. The van der Waals surface area contributed by atoms with Crippen LogP contribution in [-0.4, -0.2) is 82.2 Å². The van der Waals surface area contributed by atoms with Crippen molar-refractivity contribution >= 4 is 11.9 Å². The van der Waals surface area contributed by atoms with E-state index < -0.39 is 17.4 Å². The second-order valence-electron chi connectivity index (χ2n) is 20.4. The molecule has 0 spiro atoms. The fourth-order valence-corrected chi connectivity index (χ4v) is 10.6. The number of carbonyl (C=O) groups excluding carboxylic acids is 2. The van der Waals surface area contributed by atoms with E-state index in [1.54, 1.807) is 0 Å². The van der Waals surface area contributed by atoms with Gasteiger partial charge in [-0.15, -0.1) is 0 Å². The summed E-state index contributed by atoms with van der Waals surface area (Å²) in [4.78, 5) is 28.7. The maximum atomic E-state index is 14.4. The SMILES string of the molecule is CC1(C)OC1CCC1(C)OC1CCC1(C)OC1CC1C(C(=O)OCc2ccccc2)C(C(=O)OCc2ccccc2)CC2(CCC3OC3(C)CCC3OC3(C)C)OC12. The van der Waals surface area contributed by atoms with E-state index in [-0.39, 0.29) is 89.6 Å². The fourth-order valence-electron chi connectivity index (χ4n) is 10.6. The molecule has 316 valence electrons. The van der Waals surface area contributed by atoms with Crippen LogP contribution in [0.25, 0.3) is 0 Å². The molecule has 2 aromatic carbocycles. The zero-order chi connectivity index (χ0) is 40.7. The number of benzene rings is 2. The van der Waals surface area contributed by atoms with Crippen molar-refractivity contribution in [3.05, 3.63) is 71.8 Å². The third-order valence-electron chi connectivity index (χ3n) is 15.2. The van der Waals surface area contributed by atoms with Crippen molar-refractivity contribution in [1.29, 1.82) is 0 Å². The summed E-state index contributed by atoms with van der Waals surface area (Å²) in [6, 6.07) is 19.4. The Balaban J connectivity index is 0.894. The Bertz CT molecular complexity index is 1830. The molecule has 0 N–H and O–H groups in total. The van der Waals surface area contributed by atoms with Crippen LogP contribution in [0, 0.1) is 17.8 Å². The van der Waals surface area contributed by atoms with Gasteiger partial charge in [-0.25, -0.2) is 0 Å². The average molecular weight is 801 g/mol. The van der Waals surface area contributed by atoms with Crippen LogP contribution in [-0.2, 0) is 60.7 Å². The Morgan fingerprint density at radius 3 is 1.48 bits per heavy atom. The Morgan fingerprint density at radius 1 is 0.552 bits per heavy atom. The van der Waals surface area contributed by atoms with E-state index in [4.69, 9.17) is 37.9 Å². The fraction of sp³-hybridized carbons (Fsp3) is 0.708. The maximum Gasteiger partial charge on any atom is 0.310 e. The van der Waals surface area contributed by atoms with Gasteiger partial charge in [0.25, 0.3) is 0 Å². The van der Waals surface area contributed by atoms with Gasteiger partial charge in [0.15, 0.2) is 0 Å². The number of hydrogen-bond acceptors (Lipinski definition) is 10. The first-order chi connectivity index (χ1) is 27.5. The van der Waals surface area contributed by atoms with Crippen molar-refractivity contribution in [3.8, 4) is 0 Å². The Hall–Kier alpha value is -2.86. The van der Waals surface area contributed by atoms with Gasteiger partial charge in [-0.1, -0.05) is 60.7 Å². The standard InChI is InChI=1S/C48H64O10/c1-43(2)34(53-43)18-22-45(5)36(55-45)20-24-47(7)38(57-47)26-32-39(42(50)52-29-31-16-12-9-13-17-31)33(41(49)51-28-30-14-10-8-11-15-30)27-48(40(32)58-48)25-21-37-46(6,56-37)23-19-35-44(3,4)54-35/h8-17,32-40H,18-29H2,1-7H3. The number of ether oxygens (including phenoxy) is 8. The number of epoxide rings is 6. The minimum atomic E-state index is -0.727. The first kappa shape index (κ1) is 40.5. The van der Waals surface area contributed by atoms with Crippen molar-refractivity contribution < 1.29 is 47.5 Å². The van der Waals surface area contributed by atoms with Crippen LogP contribution >= 0.6 is 0 Å². The van der Waals surface area contributed by atoms with Crippen molar-refractivity contribution in [2.45, 2.75) is 196 Å². The molecule has 13 unspecified atom stereocenters. The zero-order valence-corrected chi connectivity index (χ0v) is 35.5. The monoisotopic (exact) mass is 800 g/mol. The van der Waals surface area contributed by atoms with Gasteiger partial charge in [0.05, 0.1) is 82.1 Å². The predicted octanol–water partition coefficient (Wildman–Crippen LogP) is 8.20. The van der Waals surface area contributed by atoms with E-state index in [1.807, 2.05) is 60.7 Å². The minimum Gasteiger partial charge on any atom is -0.461 e. The number of rotatable bonds is 20. The Labute approximate surface area is 344 Å². The molecule has 6 aliphatic heterocycles. The highest BCUT2D eigenvalue weighted by Crippen LogP contribution is 2.62. The molecule has 1 aliphatic carbocycles. The van der Waals surface area contributed by atoms with Crippen LogP contribution < -0.4 is 0 Å². The van der Waals surface area contributed by atoms with Crippen LogP contribution in [0.3, 0.4) is 0 Å². The molecule has 58 heavy (non-hydrogen) atoms. The molecule has 0 aromatic heterocycles. The minimum absolute atomic E-state index is 0.00988. The third-order valence-corrected chi connectivity index (χ3v) is 15.2. The summed E-state index contributed by atoms with van der Waals surface area (Å²) in [6.07, 6.45) is 8.95. The molecule has 0 bridgehead atoms. The van der Waals surface area contributed by atoms with Crippen LogP contribution in [0.4, 0.5) is 0 Å². The van der Waals surface area contributed by atoms with Crippen molar-refractivity contribution in [2.75, 3.05) is 0 Å². The van der Waals surface area contributed by atoms with Crippen molar-refractivity contribution in [2.24, 2.45) is 17.8 Å². The normalized spacial score (nSPS) is 41.8. The molecule has 1 saturated carbocycles.